The number of ether oxygens (including phenoxy) is 1. The summed E-state index contributed by atoms with van der Waals surface area (Å²) in [5.41, 5.74) is 1.91. The molecule has 0 heterocycles. The number of aryl methyl sites for hydroxylation is 1. The molecule has 0 bridgehead atoms. The quantitative estimate of drug-likeness (QED) is 0.272. The molecule has 0 unspecified atom stereocenters. The summed E-state index contributed by atoms with van der Waals surface area (Å²) in [6.45, 7) is 9.88. The number of rotatable bonds is 14. The smallest absolute Gasteiger partial charge is 0.264 e. The standard InChI is InChI=1S/C32H40FN3O5S/c1-6-30(32(38)34-20-23(3)4)35(21-25-10-8-9-24(5)19-25)31(37)22-36(27-13-11-26(33)12-14-27)42(39,40)29-17-15-28(16-18-29)41-7-2/h8-19,23,30H,6-7,20-22H2,1-5H3,(H,34,38)/t30-/m1/s1. The number of amides is 2. The molecule has 0 aliphatic rings. The number of benzene rings is 3. The fourth-order valence-corrected chi connectivity index (χ4v) is 5.90. The van der Waals surface area contributed by atoms with Crippen molar-refractivity contribution in [2.75, 3.05) is 24.0 Å². The first-order chi connectivity index (χ1) is 20.0. The molecule has 10 heteroatoms. The van der Waals surface area contributed by atoms with Gasteiger partial charge in [0.05, 0.1) is 17.2 Å². The molecule has 3 aromatic rings. The Morgan fingerprint density at radius 1 is 0.976 bits per heavy atom. The van der Waals surface area contributed by atoms with Crippen LogP contribution >= 0.6 is 0 Å². The minimum Gasteiger partial charge on any atom is -0.494 e. The van der Waals surface area contributed by atoms with E-state index in [4.69, 9.17) is 4.74 Å². The lowest BCUT2D eigenvalue weighted by Gasteiger charge is -2.33. The van der Waals surface area contributed by atoms with Gasteiger partial charge in [0.25, 0.3) is 10.0 Å². The van der Waals surface area contributed by atoms with Crippen LogP contribution in [-0.2, 0) is 26.2 Å². The minimum atomic E-state index is -4.27. The Labute approximate surface area is 248 Å². The Kier molecular flexibility index (Phi) is 11.5. The number of sulfonamides is 1. The van der Waals surface area contributed by atoms with E-state index in [1.807, 2.05) is 58.9 Å². The summed E-state index contributed by atoms with van der Waals surface area (Å²) < 4.78 is 48.1. The molecule has 0 aliphatic carbocycles. The highest BCUT2D eigenvalue weighted by atomic mass is 32.2. The second kappa shape index (κ2) is 14.8. The first-order valence-electron chi connectivity index (χ1n) is 14.1. The van der Waals surface area contributed by atoms with Crippen molar-refractivity contribution in [3.8, 4) is 5.75 Å². The maximum Gasteiger partial charge on any atom is 0.264 e. The Hall–Kier alpha value is -3.92. The Morgan fingerprint density at radius 2 is 1.64 bits per heavy atom. The van der Waals surface area contributed by atoms with Crippen LogP contribution in [0.1, 0.15) is 45.2 Å². The highest BCUT2D eigenvalue weighted by molar-refractivity contribution is 7.92. The molecule has 0 fully saturated rings. The molecule has 1 N–H and O–H groups in total. The lowest BCUT2D eigenvalue weighted by atomic mass is 10.1. The average Bonchev–Trinajstić information content (AvgIpc) is 2.95. The molecule has 2 amide bonds. The SMILES string of the molecule is CCOc1ccc(S(=O)(=O)N(CC(=O)N(Cc2cccc(C)c2)[C@H](CC)C(=O)NCC(C)C)c2ccc(F)cc2)cc1. The number of hydrogen-bond donors (Lipinski definition) is 1. The predicted molar refractivity (Wildman–Crippen MR) is 162 cm³/mol. The Bertz CT molecular complexity index is 1440. The van der Waals surface area contributed by atoms with E-state index in [-0.39, 0.29) is 29.0 Å². The van der Waals surface area contributed by atoms with Crippen molar-refractivity contribution in [3.05, 3.63) is 89.7 Å². The van der Waals surface area contributed by atoms with Crippen LogP contribution in [0, 0.1) is 18.7 Å². The summed E-state index contributed by atoms with van der Waals surface area (Å²) in [5, 5.41) is 2.91. The van der Waals surface area contributed by atoms with E-state index >= 15 is 0 Å². The largest absolute Gasteiger partial charge is 0.494 e. The van der Waals surface area contributed by atoms with Crippen LogP contribution < -0.4 is 14.4 Å². The molecule has 0 saturated carbocycles. The van der Waals surface area contributed by atoms with Crippen LogP contribution in [-0.4, -0.2) is 50.9 Å². The van der Waals surface area contributed by atoms with Crippen molar-refractivity contribution in [1.82, 2.24) is 10.2 Å². The zero-order valence-electron chi connectivity index (χ0n) is 24.8. The van der Waals surface area contributed by atoms with Crippen LogP contribution in [0.3, 0.4) is 0 Å². The van der Waals surface area contributed by atoms with Gasteiger partial charge in [-0.25, -0.2) is 12.8 Å². The van der Waals surface area contributed by atoms with Crippen molar-refractivity contribution in [2.24, 2.45) is 5.92 Å². The molecule has 226 valence electrons. The van der Waals surface area contributed by atoms with Crippen molar-refractivity contribution >= 4 is 27.5 Å². The van der Waals surface area contributed by atoms with Crippen molar-refractivity contribution in [3.63, 3.8) is 0 Å². The van der Waals surface area contributed by atoms with Gasteiger partial charge in [0, 0.05) is 13.1 Å². The van der Waals surface area contributed by atoms with Gasteiger partial charge in [0.2, 0.25) is 11.8 Å². The van der Waals surface area contributed by atoms with E-state index in [1.54, 1.807) is 0 Å². The first-order valence-corrected chi connectivity index (χ1v) is 15.5. The molecule has 3 rings (SSSR count). The van der Waals surface area contributed by atoms with Crippen molar-refractivity contribution < 1.29 is 27.1 Å². The number of anilines is 1. The van der Waals surface area contributed by atoms with Gasteiger partial charge in [-0.05, 0) is 80.3 Å². The van der Waals surface area contributed by atoms with E-state index in [0.29, 0.717) is 25.3 Å². The van der Waals surface area contributed by atoms with Gasteiger partial charge >= 0.3 is 0 Å². The summed E-state index contributed by atoms with van der Waals surface area (Å²) in [6, 6.07) is 17.5. The average molecular weight is 598 g/mol. The third kappa shape index (κ3) is 8.55. The van der Waals surface area contributed by atoms with E-state index < -0.39 is 34.3 Å². The highest BCUT2D eigenvalue weighted by Gasteiger charge is 2.33. The van der Waals surface area contributed by atoms with Crippen molar-refractivity contribution in [1.29, 1.82) is 0 Å². The second-order valence-electron chi connectivity index (χ2n) is 10.5. The van der Waals surface area contributed by atoms with E-state index in [1.165, 1.54) is 41.3 Å². The fourth-order valence-electron chi connectivity index (χ4n) is 4.49. The zero-order valence-corrected chi connectivity index (χ0v) is 25.7. The van der Waals surface area contributed by atoms with Gasteiger partial charge < -0.3 is 15.0 Å². The third-order valence-electron chi connectivity index (χ3n) is 6.62. The maximum absolute atomic E-state index is 14.1. The Balaban J connectivity index is 2.04. The minimum absolute atomic E-state index is 0.0602. The molecule has 0 aromatic heterocycles. The van der Waals surface area contributed by atoms with Crippen LogP contribution in [0.25, 0.3) is 0 Å². The Morgan fingerprint density at radius 3 is 2.21 bits per heavy atom. The van der Waals surface area contributed by atoms with Gasteiger partial charge in [0.15, 0.2) is 0 Å². The molecule has 42 heavy (non-hydrogen) atoms. The third-order valence-corrected chi connectivity index (χ3v) is 8.41. The lowest BCUT2D eigenvalue weighted by Crippen LogP contribution is -2.52. The van der Waals surface area contributed by atoms with Gasteiger partial charge in [-0.15, -0.1) is 0 Å². The molecule has 0 aliphatic heterocycles. The number of nitrogens with zero attached hydrogens (tertiary/aromatic N) is 2. The van der Waals surface area contributed by atoms with E-state index in [9.17, 15) is 22.4 Å². The molecular formula is C32H40FN3O5S. The van der Waals surface area contributed by atoms with Gasteiger partial charge in [-0.1, -0.05) is 50.6 Å². The summed E-state index contributed by atoms with van der Waals surface area (Å²) in [7, 11) is -4.27. The van der Waals surface area contributed by atoms with E-state index in [2.05, 4.69) is 5.32 Å². The van der Waals surface area contributed by atoms with Gasteiger partial charge in [-0.2, -0.15) is 0 Å². The van der Waals surface area contributed by atoms with Crippen LogP contribution in [0.4, 0.5) is 10.1 Å². The molecule has 0 spiro atoms. The summed E-state index contributed by atoms with van der Waals surface area (Å²) in [5.74, 6) is -0.710. The molecule has 3 aromatic carbocycles. The summed E-state index contributed by atoms with van der Waals surface area (Å²) in [4.78, 5) is 28.7. The molecule has 8 nitrogen and oxygen atoms in total. The normalized spacial score (nSPS) is 12.1. The summed E-state index contributed by atoms with van der Waals surface area (Å²) >= 11 is 0. The molecule has 1 atom stereocenters. The fraction of sp³-hybridized carbons (Fsp3) is 0.375. The van der Waals surface area contributed by atoms with Gasteiger partial charge in [0.1, 0.15) is 24.2 Å². The van der Waals surface area contributed by atoms with Crippen LogP contribution in [0.15, 0.2) is 77.7 Å². The predicted octanol–water partition coefficient (Wildman–Crippen LogP) is 5.31. The number of hydrogen-bond acceptors (Lipinski definition) is 5. The number of carbonyl (C=O) groups is 2. The number of carbonyl (C=O) groups excluding carboxylic acids is 2. The lowest BCUT2D eigenvalue weighted by molar-refractivity contribution is -0.140. The maximum atomic E-state index is 14.1. The topological polar surface area (TPSA) is 96.0 Å². The first kappa shape index (κ1) is 32.6. The number of nitrogens with one attached hydrogen (secondary N) is 1. The number of halogens is 1. The van der Waals surface area contributed by atoms with E-state index in [0.717, 1.165) is 27.6 Å². The van der Waals surface area contributed by atoms with Crippen molar-refractivity contribution in [2.45, 2.75) is 58.5 Å². The zero-order chi connectivity index (χ0) is 30.9. The van der Waals surface area contributed by atoms with Crippen LogP contribution in [0.2, 0.25) is 0 Å². The molecule has 0 saturated heterocycles. The highest BCUT2D eigenvalue weighted by Crippen LogP contribution is 2.26. The second-order valence-corrected chi connectivity index (χ2v) is 12.3. The van der Waals surface area contributed by atoms with Crippen LogP contribution in [0.5, 0.6) is 5.75 Å². The molecule has 0 radical (unpaired) electrons. The summed E-state index contributed by atoms with van der Waals surface area (Å²) in [6.07, 6.45) is 0.323. The molecular weight excluding hydrogens is 557 g/mol. The monoisotopic (exact) mass is 597 g/mol. The van der Waals surface area contributed by atoms with Gasteiger partial charge in [-0.3, -0.25) is 13.9 Å².